The summed E-state index contributed by atoms with van der Waals surface area (Å²) in [4.78, 5) is 30.8. The molecule has 1 fully saturated rings. The van der Waals surface area contributed by atoms with Crippen molar-refractivity contribution in [3.8, 4) is 0 Å². The van der Waals surface area contributed by atoms with Crippen LogP contribution in [0.1, 0.15) is 0 Å². The zero-order chi connectivity index (χ0) is 23.1. The number of carbonyl (C=O) groups excluding carboxylic acids is 2. The summed E-state index contributed by atoms with van der Waals surface area (Å²) in [6.07, 6.45) is -1.55. The van der Waals surface area contributed by atoms with Gasteiger partial charge in [-0.3, -0.25) is 9.69 Å². The molecule has 164 valence electrons. The molecule has 1 aliphatic heterocycles. The smallest absolute Gasteiger partial charge is 0.337 e. The van der Waals surface area contributed by atoms with Crippen molar-refractivity contribution < 1.29 is 18.4 Å². The standard InChI is InChI=1S/C18H11BrCl4F2N4O2/c1-28-15(30)14(29(17(28)31)11-5-3-2-4-9(11)24)27-16(18(21,22)23)26-10-7-6-8(20)12(19)13(10)25/h2-7,16,26H,1H3/b27-14+. The maximum Gasteiger partial charge on any atom is 0.337 e. The zero-order valence-electron chi connectivity index (χ0n) is 15.3. The van der Waals surface area contributed by atoms with Crippen LogP contribution < -0.4 is 10.2 Å². The molecular formula is C18H11BrCl4F2N4O2. The third-order valence-electron chi connectivity index (χ3n) is 4.17. The third kappa shape index (κ3) is 4.75. The highest BCUT2D eigenvalue weighted by molar-refractivity contribution is 9.10. The van der Waals surface area contributed by atoms with Crippen LogP contribution in [-0.2, 0) is 4.79 Å². The van der Waals surface area contributed by atoms with Crippen LogP contribution in [0.25, 0.3) is 0 Å². The van der Waals surface area contributed by atoms with Gasteiger partial charge in [-0.05, 0) is 40.2 Å². The highest BCUT2D eigenvalue weighted by atomic mass is 79.9. The number of aliphatic imine (C=N–C) groups is 1. The van der Waals surface area contributed by atoms with Crippen molar-refractivity contribution in [3.63, 3.8) is 0 Å². The lowest BCUT2D eigenvalue weighted by Gasteiger charge is -2.25. The normalized spacial score (nSPS) is 17.0. The van der Waals surface area contributed by atoms with E-state index in [0.717, 1.165) is 15.9 Å². The highest BCUT2D eigenvalue weighted by Crippen LogP contribution is 2.37. The van der Waals surface area contributed by atoms with Gasteiger partial charge < -0.3 is 5.32 Å². The fourth-order valence-electron chi connectivity index (χ4n) is 2.63. The maximum absolute atomic E-state index is 14.6. The van der Waals surface area contributed by atoms with Crippen LogP contribution >= 0.6 is 62.3 Å². The minimum absolute atomic E-state index is 0.0466. The summed E-state index contributed by atoms with van der Waals surface area (Å²) in [6, 6.07) is 7.05. The number of imide groups is 1. The van der Waals surface area contributed by atoms with Crippen LogP contribution in [0.2, 0.25) is 5.02 Å². The molecule has 0 aromatic heterocycles. The summed E-state index contributed by atoms with van der Waals surface area (Å²) in [5, 5.41) is 2.67. The number of urea groups is 1. The molecule has 1 N–H and O–H groups in total. The van der Waals surface area contributed by atoms with Crippen molar-refractivity contribution in [2.24, 2.45) is 4.99 Å². The van der Waals surface area contributed by atoms with Crippen LogP contribution in [0.3, 0.4) is 0 Å². The lowest BCUT2D eigenvalue weighted by molar-refractivity contribution is -0.119. The molecule has 1 unspecified atom stereocenters. The summed E-state index contributed by atoms with van der Waals surface area (Å²) in [7, 11) is 1.19. The first kappa shape index (κ1) is 24.0. The van der Waals surface area contributed by atoms with Crippen LogP contribution in [0.4, 0.5) is 25.0 Å². The van der Waals surface area contributed by atoms with E-state index in [2.05, 4.69) is 26.2 Å². The Bertz CT molecular complexity index is 1100. The highest BCUT2D eigenvalue weighted by Gasteiger charge is 2.44. The maximum atomic E-state index is 14.6. The first-order valence-corrected chi connectivity index (χ1v) is 10.6. The number of amidine groups is 1. The van der Waals surface area contributed by atoms with Crippen LogP contribution in [0.15, 0.2) is 45.9 Å². The topological polar surface area (TPSA) is 65.0 Å². The van der Waals surface area contributed by atoms with Crippen molar-refractivity contribution in [2.45, 2.75) is 9.96 Å². The second-order valence-corrected chi connectivity index (χ2v) is 9.77. The molecule has 13 heteroatoms. The predicted octanol–water partition coefficient (Wildman–Crippen LogP) is 5.99. The Labute approximate surface area is 203 Å². The van der Waals surface area contributed by atoms with Crippen molar-refractivity contribution in [1.29, 1.82) is 0 Å². The number of halogens is 7. The van der Waals surface area contributed by atoms with E-state index in [1.165, 1.54) is 37.4 Å². The molecule has 6 nitrogen and oxygen atoms in total. The van der Waals surface area contributed by atoms with Gasteiger partial charge in [-0.25, -0.2) is 23.5 Å². The minimum atomic E-state index is -2.20. The van der Waals surface area contributed by atoms with Crippen LogP contribution in [0.5, 0.6) is 0 Å². The summed E-state index contributed by atoms with van der Waals surface area (Å²) in [6.45, 7) is 0. The monoisotopic (exact) mass is 572 g/mol. The second-order valence-electron chi connectivity index (χ2n) is 6.20. The number of hydrogen-bond donors (Lipinski definition) is 1. The number of anilines is 2. The summed E-state index contributed by atoms with van der Waals surface area (Å²) in [5.41, 5.74) is -0.382. The van der Waals surface area contributed by atoms with Crippen LogP contribution in [0, 0.1) is 11.6 Å². The molecule has 31 heavy (non-hydrogen) atoms. The Balaban J connectivity index is 2.10. The molecule has 0 aliphatic carbocycles. The SMILES string of the molecule is CN1C(=O)/C(=N\C(Nc2ccc(Cl)c(Br)c2F)C(Cl)(Cl)Cl)N(c2ccccc2F)C1=O. The average molecular weight is 575 g/mol. The first-order chi connectivity index (χ1) is 14.4. The molecule has 0 spiro atoms. The molecule has 1 saturated heterocycles. The van der Waals surface area contributed by atoms with E-state index in [1.807, 2.05) is 0 Å². The molecule has 0 bridgehead atoms. The Hall–Kier alpha value is -1.65. The Kier molecular flexibility index (Phi) is 7.02. The summed E-state index contributed by atoms with van der Waals surface area (Å²) in [5.74, 6) is -2.97. The second kappa shape index (κ2) is 9.07. The number of carbonyl (C=O) groups is 2. The zero-order valence-corrected chi connectivity index (χ0v) is 20.0. The fraction of sp³-hybridized carbons (Fsp3) is 0.167. The molecule has 1 atom stereocenters. The fourth-order valence-corrected chi connectivity index (χ4v) is 3.43. The van der Waals surface area contributed by atoms with Crippen molar-refractivity contribution >= 4 is 91.5 Å². The van der Waals surface area contributed by atoms with E-state index < -0.39 is 39.4 Å². The van der Waals surface area contributed by atoms with Crippen molar-refractivity contribution in [3.05, 3.63) is 57.5 Å². The van der Waals surface area contributed by atoms with E-state index in [1.54, 1.807) is 0 Å². The molecule has 0 radical (unpaired) electrons. The molecule has 1 aliphatic rings. The van der Waals surface area contributed by atoms with Gasteiger partial charge in [0.1, 0.15) is 5.82 Å². The Morgan fingerprint density at radius 3 is 2.39 bits per heavy atom. The number of likely N-dealkylation sites (N-methyl/N-ethyl adjacent to an activating group) is 1. The molecule has 3 amide bonds. The molecular weight excluding hydrogens is 564 g/mol. The lowest BCUT2D eigenvalue weighted by Crippen LogP contribution is -2.38. The summed E-state index contributed by atoms with van der Waals surface area (Å²) < 4.78 is 26.7. The lowest BCUT2D eigenvalue weighted by atomic mass is 10.2. The van der Waals surface area contributed by atoms with Gasteiger partial charge in [-0.15, -0.1) is 0 Å². The van der Waals surface area contributed by atoms with Gasteiger partial charge in [0, 0.05) is 7.05 Å². The Morgan fingerprint density at radius 1 is 1.13 bits per heavy atom. The third-order valence-corrected chi connectivity index (χ3v) is 6.11. The number of nitrogens with one attached hydrogen (secondary N) is 1. The largest absolute Gasteiger partial charge is 0.358 e. The number of nitrogens with zero attached hydrogens (tertiary/aromatic N) is 3. The average Bonchev–Trinajstić information content (AvgIpc) is 2.91. The van der Waals surface area contributed by atoms with Crippen LogP contribution in [-0.4, -0.2) is 39.7 Å². The number of benzene rings is 2. The molecule has 2 aromatic carbocycles. The number of rotatable bonds is 4. The molecule has 1 heterocycles. The van der Waals surface area contributed by atoms with Gasteiger partial charge >= 0.3 is 6.03 Å². The van der Waals surface area contributed by atoms with Gasteiger partial charge in [-0.2, -0.15) is 0 Å². The number of amides is 3. The molecule has 2 aromatic rings. The van der Waals surface area contributed by atoms with E-state index in [4.69, 9.17) is 46.4 Å². The summed E-state index contributed by atoms with van der Waals surface area (Å²) >= 11 is 26.8. The van der Waals surface area contributed by atoms with Gasteiger partial charge in [0.25, 0.3) is 5.91 Å². The van der Waals surface area contributed by atoms with Gasteiger partial charge in [0.2, 0.25) is 9.63 Å². The first-order valence-electron chi connectivity index (χ1n) is 8.34. The predicted molar refractivity (Wildman–Crippen MR) is 121 cm³/mol. The quantitative estimate of drug-likeness (QED) is 0.277. The molecule has 0 saturated carbocycles. The molecule has 3 rings (SSSR count). The number of alkyl halides is 3. The van der Waals surface area contributed by atoms with Crippen molar-refractivity contribution in [1.82, 2.24) is 4.90 Å². The van der Waals surface area contributed by atoms with E-state index in [0.29, 0.717) is 0 Å². The van der Waals surface area contributed by atoms with Gasteiger partial charge in [-0.1, -0.05) is 58.5 Å². The van der Waals surface area contributed by atoms with E-state index >= 15 is 0 Å². The number of para-hydroxylation sites is 1. The van der Waals surface area contributed by atoms with Gasteiger partial charge in [0.05, 0.1) is 20.9 Å². The Morgan fingerprint density at radius 2 is 1.77 bits per heavy atom. The van der Waals surface area contributed by atoms with E-state index in [9.17, 15) is 18.4 Å². The number of hydrogen-bond acceptors (Lipinski definition) is 4. The van der Waals surface area contributed by atoms with E-state index in [-0.39, 0.29) is 20.9 Å². The minimum Gasteiger partial charge on any atom is -0.358 e. The van der Waals surface area contributed by atoms with Crippen molar-refractivity contribution in [2.75, 3.05) is 17.3 Å². The van der Waals surface area contributed by atoms with Gasteiger partial charge in [0.15, 0.2) is 12.0 Å².